The maximum Gasteiger partial charge on any atom is 0.119 e. The van der Waals surface area contributed by atoms with Gasteiger partial charge in [0.1, 0.15) is 5.75 Å². The third-order valence-corrected chi connectivity index (χ3v) is 4.50. The Morgan fingerprint density at radius 1 is 1.29 bits per heavy atom. The molecule has 0 saturated heterocycles. The number of aryl methyl sites for hydroxylation is 1. The Balaban J connectivity index is 2.24. The van der Waals surface area contributed by atoms with Crippen molar-refractivity contribution in [2.75, 3.05) is 13.7 Å². The van der Waals surface area contributed by atoms with Gasteiger partial charge in [-0.05, 0) is 55.9 Å². The molecule has 0 spiro atoms. The molecule has 21 heavy (non-hydrogen) atoms. The number of hydrogen-bond acceptors (Lipinski definition) is 3. The van der Waals surface area contributed by atoms with Crippen molar-refractivity contribution in [3.05, 3.63) is 29.3 Å². The van der Waals surface area contributed by atoms with Crippen LogP contribution in [0.25, 0.3) is 0 Å². The molecule has 0 bridgehead atoms. The van der Waals surface area contributed by atoms with Gasteiger partial charge in [0.05, 0.1) is 7.11 Å². The summed E-state index contributed by atoms with van der Waals surface area (Å²) < 4.78 is 5.33. The Bertz CT molecular complexity index is 470. The van der Waals surface area contributed by atoms with Crippen molar-refractivity contribution in [3.8, 4) is 5.75 Å². The fourth-order valence-corrected chi connectivity index (χ4v) is 3.46. The minimum absolute atomic E-state index is 0.0980. The first kappa shape index (κ1) is 16.3. The number of rotatable bonds is 5. The number of hydrogen-bond donors (Lipinski definition) is 1. The highest BCUT2D eigenvalue weighted by atomic mass is 16.5. The summed E-state index contributed by atoms with van der Waals surface area (Å²) in [7, 11) is 1.72. The molecule has 0 radical (unpaired) electrons. The summed E-state index contributed by atoms with van der Waals surface area (Å²) >= 11 is 0. The number of fused-ring (bicyclic) bond motifs is 1. The number of ether oxygens (including phenoxy) is 1. The van der Waals surface area contributed by atoms with Crippen molar-refractivity contribution in [3.63, 3.8) is 0 Å². The molecule has 1 aliphatic rings. The van der Waals surface area contributed by atoms with Crippen LogP contribution >= 0.6 is 0 Å². The lowest BCUT2D eigenvalue weighted by Crippen LogP contribution is -2.49. The van der Waals surface area contributed by atoms with E-state index in [2.05, 4.69) is 44.7 Å². The van der Waals surface area contributed by atoms with Crippen LogP contribution in [0.3, 0.4) is 0 Å². The minimum Gasteiger partial charge on any atom is -0.497 e. The monoisotopic (exact) mass is 290 g/mol. The summed E-state index contributed by atoms with van der Waals surface area (Å²) in [4.78, 5) is 2.59. The average molecular weight is 290 g/mol. The van der Waals surface area contributed by atoms with Crippen LogP contribution in [-0.2, 0) is 6.42 Å². The molecule has 0 fully saturated rings. The maximum absolute atomic E-state index is 6.61. The second-order valence-corrected chi connectivity index (χ2v) is 6.88. The van der Waals surface area contributed by atoms with Gasteiger partial charge in [-0.3, -0.25) is 4.90 Å². The predicted molar refractivity (Wildman–Crippen MR) is 88.7 cm³/mol. The first-order valence-corrected chi connectivity index (χ1v) is 8.12. The molecule has 0 aromatic heterocycles. The molecule has 1 aliphatic carbocycles. The Labute approximate surface area is 129 Å². The Hall–Kier alpha value is -1.06. The minimum atomic E-state index is 0.0980. The molecule has 1 aromatic rings. The Morgan fingerprint density at radius 3 is 2.57 bits per heavy atom. The molecule has 0 heterocycles. The first-order valence-electron chi connectivity index (χ1n) is 8.12. The molecule has 3 heteroatoms. The zero-order valence-electron chi connectivity index (χ0n) is 14.1. The Morgan fingerprint density at radius 2 is 2.00 bits per heavy atom. The standard InChI is InChI=1S/C18H30N2O/c1-12(2)11-20(13(3)4)17-9-6-14-10-15(21-5)7-8-16(14)18(17)19/h7-8,10,12-13,17-18H,6,9,11,19H2,1-5H3. The molecule has 0 amide bonds. The second-order valence-electron chi connectivity index (χ2n) is 6.88. The van der Waals surface area contributed by atoms with E-state index >= 15 is 0 Å². The lowest BCUT2D eigenvalue weighted by atomic mass is 9.83. The lowest BCUT2D eigenvalue weighted by molar-refractivity contribution is 0.104. The van der Waals surface area contributed by atoms with E-state index < -0.39 is 0 Å². The van der Waals surface area contributed by atoms with Gasteiger partial charge in [-0.25, -0.2) is 0 Å². The summed E-state index contributed by atoms with van der Waals surface area (Å²) in [5.41, 5.74) is 9.26. The highest BCUT2D eigenvalue weighted by molar-refractivity contribution is 5.40. The van der Waals surface area contributed by atoms with E-state index in [0.717, 1.165) is 25.1 Å². The molecule has 118 valence electrons. The van der Waals surface area contributed by atoms with Crippen molar-refractivity contribution < 1.29 is 4.74 Å². The summed E-state index contributed by atoms with van der Waals surface area (Å²) in [5.74, 6) is 1.60. The lowest BCUT2D eigenvalue weighted by Gasteiger charge is -2.42. The van der Waals surface area contributed by atoms with Crippen molar-refractivity contribution in [1.29, 1.82) is 0 Å². The fourth-order valence-electron chi connectivity index (χ4n) is 3.46. The number of nitrogens with two attached hydrogens (primary N) is 1. The largest absolute Gasteiger partial charge is 0.497 e. The van der Waals surface area contributed by atoms with Crippen LogP contribution in [0.15, 0.2) is 18.2 Å². The van der Waals surface area contributed by atoms with Crippen LogP contribution in [0, 0.1) is 5.92 Å². The summed E-state index contributed by atoms with van der Waals surface area (Å²) in [5, 5.41) is 0. The summed E-state index contributed by atoms with van der Waals surface area (Å²) in [6.07, 6.45) is 2.22. The fraction of sp³-hybridized carbons (Fsp3) is 0.667. The number of benzene rings is 1. The van der Waals surface area contributed by atoms with Gasteiger partial charge in [0.2, 0.25) is 0 Å². The van der Waals surface area contributed by atoms with Gasteiger partial charge >= 0.3 is 0 Å². The van der Waals surface area contributed by atoms with E-state index in [4.69, 9.17) is 10.5 Å². The summed E-state index contributed by atoms with van der Waals surface area (Å²) in [6, 6.07) is 7.40. The second kappa shape index (κ2) is 6.80. The van der Waals surface area contributed by atoms with E-state index in [0.29, 0.717) is 18.0 Å². The van der Waals surface area contributed by atoms with Crippen molar-refractivity contribution >= 4 is 0 Å². The van der Waals surface area contributed by atoms with Crippen LogP contribution in [0.1, 0.15) is 51.3 Å². The van der Waals surface area contributed by atoms with Gasteiger partial charge in [-0.2, -0.15) is 0 Å². The molecule has 2 rings (SSSR count). The van der Waals surface area contributed by atoms with Crippen LogP contribution < -0.4 is 10.5 Å². The number of nitrogens with zero attached hydrogens (tertiary/aromatic N) is 1. The normalized spacial score (nSPS) is 22.0. The van der Waals surface area contributed by atoms with E-state index in [1.54, 1.807) is 7.11 Å². The van der Waals surface area contributed by atoms with Crippen LogP contribution in [-0.4, -0.2) is 30.6 Å². The molecular formula is C18H30N2O. The highest BCUT2D eigenvalue weighted by Gasteiger charge is 2.32. The number of methoxy groups -OCH3 is 1. The van der Waals surface area contributed by atoms with E-state index in [1.165, 1.54) is 11.1 Å². The average Bonchev–Trinajstić information content (AvgIpc) is 2.45. The third-order valence-electron chi connectivity index (χ3n) is 4.50. The molecular weight excluding hydrogens is 260 g/mol. The molecule has 2 N–H and O–H groups in total. The van der Waals surface area contributed by atoms with Gasteiger partial charge in [-0.15, -0.1) is 0 Å². The van der Waals surface area contributed by atoms with E-state index in [-0.39, 0.29) is 6.04 Å². The molecule has 0 aliphatic heterocycles. The van der Waals surface area contributed by atoms with Crippen LogP contribution in [0.5, 0.6) is 5.75 Å². The van der Waals surface area contributed by atoms with Gasteiger partial charge in [0.25, 0.3) is 0 Å². The smallest absolute Gasteiger partial charge is 0.119 e. The van der Waals surface area contributed by atoms with Crippen molar-refractivity contribution in [1.82, 2.24) is 4.90 Å². The molecule has 3 nitrogen and oxygen atoms in total. The molecule has 1 aromatic carbocycles. The van der Waals surface area contributed by atoms with Gasteiger partial charge in [-0.1, -0.05) is 19.9 Å². The third kappa shape index (κ3) is 3.58. The molecule has 2 atom stereocenters. The molecule has 0 saturated carbocycles. The van der Waals surface area contributed by atoms with Crippen LogP contribution in [0.2, 0.25) is 0 Å². The topological polar surface area (TPSA) is 38.5 Å². The van der Waals surface area contributed by atoms with Crippen molar-refractivity contribution in [2.45, 2.75) is 58.7 Å². The quantitative estimate of drug-likeness (QED) is 0.903. The van der Waals surface area contributed by atoms with Gasteiger partial charge in [0, 0.05) is 24.7 Å². The first-order chi connectivity index (χ1) is 9.93. The zero-order chi connectivity index (χ0) is 15.6. The SMILES string of the molecule is COc1ccc2c(c1)CCC(N(CC(C)C)C(C)C)C2N. The summed E-state index contributed by atoms with van der Waals surface area (Å²) in [6.45, 7) is 10.2. The zero-order valence-corrected chi connectivity index (χ0v) is 14.1. The molecule has 2 unspecified atom stereocenters. The van der Waals surface area contributed by atoms with E-state index in [9.17, 15) is 0 Å². The Kier molecular flexibility index (Phi) is 5.28. The van der Waals surface area contributed by atoms with Crippen LogP contribution in [0.4, 0.5) is 0 Å². The predicted octanol–water partition coefficient (Wildman–Crippen LogP) is 3.38. The maximum atomic E-state index is 6.61. The van der Waals surface area contributed by atoms with Crippen molar-refractivity contribution in [2.24, 2.45) is 11.7 Å². The highest BCUT2D eigenvalue weighted by Crippen LogP contribution is 2.34. The van der Waals surface area contributed by atoms with E-state index in [1.807, 2.05) is 6.07 Å². The van der Waals surface area contributed by atoms with Gasteiger partial charge in [0.15, 0.2) is 0 Å². The van der Waals surface area contributed by atoms with Gasteiger partial charge < -0.3 is 10.5 Å².